The van der Waals surface area contributed by atoms with Crippen molar-refractivity contribution in [2.75, 3.05) is 20.6 Å². The van der Waals surface area contributed by atoms with Crippen molar-refractivity contribution in [3.8, 4) is 0 Å². The molecule has 6 nitrogen and oxygen atoms in total. The predicted octanol–water partition coefficient (Wildman–Crippen LogP) is 0.387. The van der Waals surface area contributed by atoms with Crippen molar-refractivity contribution < 1.29 is 13.2 Å². The molecule has 0 spiro atoms. The van der Waals surface area contributed by atoms with E-state index in [1.807, 2.05) is 0 Å². The molecule has 0 saturated carbocycles. The second kappa shape index (κ2) is 6.13. The van der Waals surface area contributed by atoms with E-state index >= 15 is 0 Å². The maximum absolute atomic E-state index is 12.7. The van der Waals surface area contributed by atoms with Crippen molar-refractivity contribution in [2.24, 2.45) is 5.73 Å². The number of sulfonamides is 1. The van der Waals surface area contributed by atoms with Crippen LogP contribution in [-0.2, 0) is 21.4 Å². The normalized spacial score (nSPS) is 19.7. The summed E-state index contributed by atoms with van der Waals surface area (Å²) in [6.07, 6.45) is 1.27. The highest BCUT2D eigenvalue weighted by molar-refractivity contribution is 7.89. The molecule has 1 amide bonds. The van der Waals surface area contributed by atoms with E-state index < -0.39 is 16.1 Å². The number of hydrogen-bond donors (Lipinski definition) is 1. The standard InChI is InChI=1S/C14H21N3O3S/c1-16(2)14(18)13-4-3-9-17(13)21(19,20)12-7-5-11(10-15)6-8-12/h5-8,13H,3-4,9-10,15H2,1-2H3. The van der Waals surface area contributed by atoms with Gasteiger partial charge in [0.15, 0.2) is 0 Å². The van der Waals surface area contributed by atoms with Crippen LogP contribution >= 0.6 is 0 Å². The first-order valence-corrected chi connectivity index (χ1v) is 8.34. The molecule has 2 rings (SSSR count). The Balaban J connectivity index is 2.31. The van der Waals surface area contributed by atoms with Crippen LogP contribution in [0.4, 0.5) is 0 Å². The number of carbonyl (C=O) groups excluding carboxylic acids is 1. The van der Waals surface area contributed by atoms with Crippen LogP contribution in [0.2, 0.25) is 0 Å². The summed E-state index contributed by atoms with van der Waals surface area (Å²) in [5.74, 6) is -0.172. The highest BCUT2D eigenvalue weighted by atomic mass is 32.2. The molecule has 1 atom stereocenters. The molecule has 1 unspecified atom stereocenters. The Morgan fingerprint density at radius 2 is 1.95 bits per heavy atom. The maximum Gasteiger partial charge on any atom is 0.243 e. The van der Waals surface area contributed by atoms with Gasteiger partial charge in [-0.15, -0.1) is 0 Å². The topological polar surface area (TPSA) is 83.7 Å². The van der Waals surface area contributed by atoms with E-state index in [1.54, 1.807) is 38.4 Å². The molecule has 0 aliphatic carbocycles. The molecule has 116 valence electrons. The summed E-state index contributed by atoms with van der Waals surface area (Å²) in [5.41, 5.74) is 6.39. The summed E-state index contributed by atoms with van der Waals surface area (Å²) in [6, 6.07) is 5.90. The number of carbonyl (C=O) groups is 1. The third-order valence-electron chi connectivity index (χ3n) is 3.70. The van der Waals surface area contributed by atoms with Crippen molar-refractivity contribution in [1.29, 1.82) is 0 Å². The lowest BCUT2D eigenvalue weighted by molar-refractivity contribution is -0.132. The molecule has 2 N–H and O–H groups in total. The van der Waals surface area contributed by atoms with Crippen LogP contribution in [0.3, 0.4) is 0 Å². The molecule has 1 aliphatic heterocycles. The molecule has 1 saturated heterocycles. The molecule has 21 heavy (non-hydrogen) atoms. The van der Waals surface area contributed by atoms with Crippen LogP contribution in [0, 0.1) is 0 Å². The van der Waals surface area contributed by atoms with E-state index in [1.165, 1.54) is 9.21 Å². The average molecular weight is 311 g/mol. The SMILES string of the molecule is CN(C)C(=O)C1CCCN1S(=O)(=O)c1ccc(CN)cc1. The van der Waals surface area contributed by atoms with Gasteiger partial charge in [0, 0.05) is 27.2 Å². The van der Waals surface area contributed by atoms with E-state index in [4.69, 9.17) is 5.73 Å². The first-order chi connectivity index (χ1) is 9.87. The second-order valence-electron chi connectivity index (χ2n) is 5.35. The van der Waals surface area contributed by atoms with Gasteiger partial charge in [-0.3, -0.25) is 4.79 Å². The molecule has 1 aromatic rings. The lowest BCUT2D eigenvalue weighted by atomic mass is 10.2. The molecular weight excluding hydrogens is 290 g/mol. The Kier molecular flexibility index (Phi) is 4.65. The van der Waals surface area contributed by atoms with Gasteiger partial charge in [0.25, 0.3) is 0 Å². The number of benzene rings is 1. The number of nitrogens with two attached hydrogens (primary N) is 1. The first kappa shape index (κ1) is 15.9. The minimum atomic E-state index is -3.65. The van der Waals surface area contributed by atoms with Crippen LogP contribution in [0.15, 0.2) is 29.2 Å². The summed E-state index contributed by atoms with van der Waals surface area (Å²) in [6.45, 7) is 0.747. The minimum Gasteiger partial charge on any atom is -0.347 e. The van der Waals surface area contributed by atoms with Crippen molar-refractivity contribution >= 4 is 15.9 Å². The molecule has 0 aromatic heterocycles. The Hall–Kier alpha value is -1.44. The molecule has 0 radical (unpaired) electrons. The van der Waals surface area contributed by atoms with Gasteiger partial charge in [0.2, 0.25) is 15.9 Å². The van der Waals surface area contributed by atoms with Crippen LogP contribution in [0.5, 0.6) is 0 Å². The van der Waals surface area contributed by atoms with E-state index in [-0.39, 0.29) is 10.8 Å². The summed E-state index contributed by atoms with van der Waals surface area (Å²) in [4.78, 5) is 13.8. The van der Waals surface area contributed by atoms with Crippen LogP contribution in [-0.4, -0.2) is 50.2 Å². The van der Waals surface area contributed by atoms with Gasteiger partial charge < -0.3 is 10.6 Å². The average Bonchev–Trinajstić information content (AvgIpc) is 2.96. The molecule has 0 bridgehead atoms. The Morgan fingerprint density at radius 1 is 1.33 bits per heavy atom. The van der Waals surface area contributed by atoms with E-state index in [0.717, 1.165) is 5.56 Å². The third kappa shape index (κ3) is 3.09. The molecule has 1 aromatic carbocycles. The second-order valence-corrected chi connectivity index (χ2v) is 7.25. The quantitative estimate of drug-likeness (QED) is 0.871. The molecule has 1 heterocycles. The highest BCUT2D eigenvalue weighted by Crippen LogP contribution is 2.27. The van der Waals surface area contributed by atoms with Crippen molar-refractivity contribution in [3.63, 3.8) is 0 Å². The van der Waals surface area contributed by atoms with Gasteiger partial charge in [-0.05, 0) is 30.5 Å². The third-order valence-corrected chi connectivity index (χ3v) is 5.62. The Labute approximate surface area is 125 Å². The van der Waals surface area contributed by atoms with Gasteiger partial charge in [-0.2, -0.15) is 4.31 Å². The van der Waals surface area contributed by atoms with Crippen molar-refractivity contribution in [2.45, 2.75) is 30.3 Å². The monoisotopic (exact) mass is 311 g/mol. The largest absolute Gasteiger partial charge is 0.347 e. The van der Waals surface area contributed by atoms with Gasteiger partial charge in [0.1, 0.15) is 6.04 Å². The summed E-state index contributed by atoms with van der Waals surface area (Å²) in [5, 5.41) is 0. The fourth-order valence-electron chi connectivity index (χ4n) is 2.51. The minimum absolute atomic E-state index is 0.172. The van der Waals surface area contributed by atoms with Gasteiger partial charge in [-0.1, -0.05) is 12.1 Å². The Morgan fingerprint density at radius 3 is 2.48 bits per heavy atom. The predicted molar refractivity (Wildman–Crippen MR) is 79.9 cm³/mol. The van der Waals surface area contributed by atoms with Gasteiger partial charge in [-0.25, -0.2) is 8.42 Å². The fourth-order valence-corrected chi connectivity index (χ4v) is 4.16. The smallest absolute Gasteiger partial charge is 0.243 e. The maximum atomic E-state index is 12.7. The number of likely N-dealkylation sites (N-methyl/N-ethyl adjacent to an activating group) is 1. The zero-order valence-corrected chi connectivity index (χ0v) is 13.1. The van der Waals surface area contributed by atoms with Crippen LogP contribution in [0.25, 0.3) is 0 Å². The first-order valence-electron chi connectivity index (χ1n) is 6.90. The molecular formula is C14H21N3O3S. The number of amides is 1. The lowest BCUT2D eigenvalue weighted by Crippen LogP contribution is -2.45. The number of rotatable bonds is 4. The van der Waals surface area contributed by atoms with Crippen LogP contribution in [0.1, 0.15) is 18.4 Å². The summed E-state index contributed by atoms with van der Waals surface area (Å²) in [7, 11) is -0.366. The highest BCUT2D eigenvalue weighted by Gasteiger charge is 2.39. The Bertz CT molecular complexity index is 611. The van der Waals surface area contributed by atoms with Crippen LogP contribution < -0.4 is 5.73 Å². The van der Waals surface area contributed by atoms with E-state index in [0.29, 0.717) is 25.9 Å². The van der Waals surface area contributed by atoms with E-state index in [9.17, 15) is 13.2 Å². The molecule has 1 aliphatic rings. The summed E-state index contributed by atoms with van der Waals surface area (Å²) >= 11 is 0. The van der Waals surface area contributed by atoms with Gasteiger partial charge >= 0.3 is 0 Å². The number of nitrogens with zero attached hydrogens (tertiary/aromatic N) is 2. The zero-order valence-electron chi connectivity index (χ0n) is 12.3. The summed E-state index contributed by atoms with van der Waals surface area (Å²) < 4.78 is 26.7. The fraction of sp³-hybridized carbons (Fsp3) is 0.500. The van der Waals surface area contributed by atoms with Gasteiger partial charge in [0.05, 0.1) is 4.90 Å². The molecule has 7 heteroatoms. The van der Waals surface area contributed by atoms with Crippen molar-refractivity contribution in [1.82, 2.24) is 9.21 Å². The number of hydrogen-bond acceptors (Lipinski definition) is 4. The van der Waals surface area contributed by atoms with Crippen molar-refractivity contribution in [3.05, 3.63) is 29.8 Å². The van der Waals surface area contributed by atoms with E-state index in [2.05, 4.69) is 0 Å². The zero-order chi connectivity index (χ0) is 15.6. The molecule has 1 fully saturated rings. The lowest BCUT2D eigenvalue weighted by Gasteiger charge is -2.25.